The molecule has 0 unspecified atom stereocenters. The molecule has 0 spiro atoms. The van der Waals surface area contributed by atoms with Gasteiger partial charge in [-0.3, -0.25) is 20.4 Å². The Balaban J connectivity index is 1.65. The first-order chi connectivity index (χ1) is 13.6. The third-order valence-corrected chi connectivity index (χ3v) is 3.29. The van der Waals surface area contributed by atoms with Crippen molar-refractivity contribution in [3.8, 4) is 11.5 Å². The van der Waals surface area contributed by atoms with Gasteiger partial charge in [0.05, 0.1) is 6.61 Å². The van der Waals surface area contributed by atoms with E-state index >= 15 is 0 Å². The molecule has 0 radical (unpaired) electrons. The molecule has 0 aliphatic rings. The van der Waals surface area contributed by atoms with Gasteiger partial charge in [0.15, 0.2) is 18.1 Å². The summed E-state index contributed by atoms with van der Waals surface area (Å²) in [4.78, 5) is 35.1. The molecule has 2 aromatic rings. The highest BCUT2D eigenvalue weighted by Gasteiger charge is 2.09. The molecule has 0 aliphatic carbocycles. The molecule has 28 heavy (non-hydrogen) atoms. The largest absolute Gasteiger partial charge is 0.490 e. The van der Waals surface area contributed by atoms with Crippen LogP contribution >= 0.6 is 0 Å². The van der Waals surface area contributed by atoms with Gasteiger partial charge in [0.25, 0.3) is 11.8 Å². The second kappa shape index (κ2) is 11.1. The van der Waals surface area contributed by atoms with Crippen molar-refractivity contribution in [2.75, 3.05) is 25.1 Å². The smallest absolute Gasteiger partial charge is 0.319 e. The lowest BCUT2D eigenvalue weighted by atomic mass is 10.3. The summed E-state index contributed by atoms with van der Waals surface area (Å²) in [5.74, 6) is -0.208. The highest BCUT2D eigenvalue weighted by Crippen LogP contribution is 2.26. The average molecular weight is 386 g/mol. The molecule has 0 bridgehead atoms. The van der Waals surface area contributed by atoms with E-state index in [2.05, 4.69) is 21.5 Å². The maximum Gasteiger partial charge on any atom is 0.319 e. The van der Waals surface area contributed by atoms with E-state index in [1.54, 1.807) is 48.5 Å². The zero-order valence-electron chi connectivity index (χ0n) is 15.4. The Labute approximate surface area is 162 Å². The number of ether oxygens (including phenoxy) is 2. The van der Waals surface area contributed by atoms with Gasteiger partial charge >= 0.3 is 6.03 Å². The van der Waals surface area contributed by atoms with Crippen molar-refractivity contribution in [3.63, 3.8) is 0 Å². The van der Waals surface area contributed by atoms with Gasteiger partial charge in [-0.2, -0.15) is 0 Å². The molecule has 148 valence electrons. The van der Waals surface area contributed by atoms with Gasteiger partial charge in [-0.05, 0) is 31.2 Å². The molecule has 0 fully saturated rings. The monoisotopic (exact) mass is 386 g/mol. The van der Waals surface area contributed by atoms with Gasteiger partial charge in [0, 0.05) is 5.69 Å². The van der Waals surface area contributed by atoms with Gasteiger partial charge in [0.1, 0.15) is 6.54 Å². The van der Waals surface area contributed by atoms with Gasteiger partial charge < -0.3 is 20.1 Å². The van der Waals surface area contributed by atoms with E-state index < -0.39 is 17.8 Å². The first kappa shape index (κ1) is 20.6. The summed E-state index contributed by atoms with van der Waals surface area (Å²) in [6.07, 6.45) is 0. The zero-order valence-corrected chi connectivity index (χ0v) is 15.4. The van der Waals surface area contributed by atoms with Gasteiger partial charge in [-0.15, -0.1) is 0 Å². The maximum absolute atomic E-state index is 11.8. The number of nitrogens with one attached hydrogen (secondary N) is 4. The number of rotatable bonds is 8. The summed E-state index contributed by atoms with van der Waals surface area (Å²) in [7, 11) is 0. The molecule has 9 heteroatoms. The Morgan fingerprint density at radius 1 is 0.821 bits per heavy atom. The number of benzene rings is 2. The van der Waals surface area contributed by atoms with Crippen LogP contribution in [0, 0.1) is 0 Å². The summed E-state index contributed by atoms with van der Waals surface area (Å²) >= 11 is 0. The molecule has 0 saturated carbocycles. The molecule has 2 aromatic carbocycles. The highest BCUT2D eigenvalue weighted by atomic mass is 16.5. The van der Waals surface area contributed by atoms with Crippen molar-refractivity contribution in [2.45, 2.75) is 6.92 Å². The van der Waals surface area contributed by atoms with E-state index in [0.29, 0.717) is 23.8 Å². The summed E-state index contributed by atoms with van der Waals surface area (Å²) in [5.41, 5.74) is 4.98. The molecule has 4 amide bonds. The fourth-order valence-electron chi connectivity index (χ4n) is 2.06. The fourth-order valence-corrected chi connectivity index (χ4v) is 2.06. The number of amides is 4. The van der Waals surface area contributed by atoms with Gasteiger partial charge in [-0.25, -0.2) is 4.79 Å². The fraction of sp³-hybridized carbons (Fsp3) is 0.211. The number of hydrogen-bond acceptors (Lipinski definition) is 5. The maximum atomic E-state index is 11.8. The molecule has 0 aliphatic heterocycles. The molecule has 9 nitrogen and oxygen atoms in total. The van der Waals surface area contributed by atoms with E-state index in [1.807, 2.05) is 13.0 Å². The summed E-state index contributed by atoms with van der Waals surface area (Å²) in [6, 6.07) is 15.2. The van der Waals surface area contributed by atoms with Gasteiger partial charge in [-0.1, -0.05) is 30.3 Å². The number of carbonyl (C=O) groups excluding carboxylic acids is 3. The number of hydrogen-bond donors (Lipinski definition) is 4. The van der Waals surface area contributed by atoms with Crippen LogP contribution in [0.3, 0.4) is 0 Å². The summed E-state index contributed by atoms with van der Waals surface area (Å²) in [5, 5.41) is 4.94. The number of anilines is 1. The Hall–Kier alpha value is -3.75. The number of para-hydroxylation sites is 3. The summed E-state index contributed by atoms with van der Waals surface area (Å²) < 4.78 is 10.8. The lowest BCUT2D eigenvalue weighted by Gasteiger charge is -2.12. The van der Waals surface area contributed by atoms with Crippen LogP contribution in [-0.2, 0) is 9.59 Å². The third-order valence-electron chi connectivity index (χ3n) is 3.29. The molecule has 0 aromatic heterocycles. The van der Waals surface area contributed by atoms with Crippen LogP contribution in [-0.4, -0.2) is 37.6 Å². The van der Waals surface area contributed by atoms with Crippen LogP contribution in [0.15, 0.2) is 54.6 Å². The second-order valence-corrected chi connectivity index (χ2v) is 5.44. The van der Waals surface area contributed by atoms with Crippen LogP contribution < -0.4 is 31.0 Å². The predicted molar refractivity (Wildman–Crippen MR) is 103 cm³/mol. The number of carbonyl (C=O) groups is 3. The van der Waals surface area contributed by atoms with E-state index in [9.17, 15) is 14.4 Å². The minimum atomic E-state index is -0.591. The predicted octanol–water partition coefficient (Wildman–Crippen LogP) is 1.43. The average Bonchev–Trinajstić information content (AvgIpc) is 2.71. The van der Waals surface area contributed by atoms with E-state index in [1.165, 1.54) is 0 Å². The highest BCUT2D eigenvalue weighted by molar-refractivity contribution is 5.92. The molecule has 0 saturated heterocycles. The Kier molecular flexibility index (Phi) is 8.13. The standard InChI is InChI=1S/C19H22N4O5/c1-2-27-15-10-6-7-11-16(15)28-13-18(25)23-22-17(24)12-20-19(26)21-14-8-4-3-5-9-14/h3-11H,2,12-13H2,1H3,(H,22,24)(H,23,25)(H2,20,21,26). The second-order valence-electron chi connectivity index (χ2n) is 5.44. The SMILES string of the molecule is CCOc1ccccc1OCC(=O)NNC(=O)CNC(=O)Nc1ccccc1. The van der Waals surface area contributed by atoms with Crippen molar-refractivity contribution in [1.29, 1.82) is 0 Å². The van der Waals surface area contributed by atoms with E-state index in [4.69, 9.17) is 9.47 Å². The van der Waals surface area contributed by atoms with Crippen molar-refractivity contribution in [3.05, 3.63) is 54.6 Å². The minimum absolute atomic E-state index is 0.313. The lowest BCUT2D eigenvalue weighted by Crippen LogP contribution is -2.48. The van der Waals surface area contributed by atoms with Crippen LogP contribution in [0.4, 0.5) is 10.5 Å². The van der Waals surface area contributed by atoms with Crippen LogP contribution in [0.25, 0.3) is 0 Å². The van der Waals surface area contributed by atoms with E-state index in [0.717, 1.165) is 0 Å². The molecule has 0 atom stereocenters. The first-order valence-electron chi connectivity index (χ1n) is 8.60. The molecule has 0 heterocycles. The molecule has 2 rings (SSSR count). The van der Waals surface area contributed by atoms with Crippen LogP contribution in [0.5, 0.6) is 11.5 Å². The van der Waals surface area contributed by atoms with Crippen molar-refractivity contribution in [2.24, 2.45) is 0 Å². The van der Waals surface area contributed by atoms with E-state index in [-0.39, 0.29) is 13.2 Å². The Bertz CT molecular complexity index is 798. The first-order valence-corrected chi connectivity index (χ1v) is 8.60. The Morgan fingerprint density at radius 3 is 2.11 bits per heavy atom. The number of hydrazine groups is 1. The minimum Gasteiger partial charge on any atom is -0.490 e. The van der Waals surface area contributed by atoms with Crippen molar-refractivity contribution < 1.29 is 23.9 Å². The normalized spacial score (nSPS) is 9.75. The molecular weight excluding hydrogens is 364 g/mol. The Morgan fingerprint density at radius 2 is 1.43 bits per heavy atom. The number of urea groups is 1. The quantitative estimate of drug-likeness (QED) is 0.512. The van der Waals surface area contributed by atoms with Gasteiger partial charge in [0.2, 0.25) is 0 Å². The van der Waals surface area contributed by atoms with Crippen molar-refractivity contribution >= 4 is 23.5 Å². The third kappa shape index (κ3) is 7.24. The van der Waals surface area contributed by atoms with Crippen LogP contribution in [0.1, 0.15) is 6.92 Å². The summed E-state index contributed by atoms with van der Waals surface area (Å²) in [6.45, 7) is 1.68. The zero-order chi connectivity index (χ0) is 20.2. The molecular formula is C19H22N4O5. The lowest BCUT2D eigenvalue weighted by molar-refractivity contribution is -0.129. The topological polar surface area (TPSA) is 118 Å². The van der Waals surface area contributed by atoms with Crippen LogP contribution in [0.2, 0.25) is 0 Å². The molecule has 4 N–H and O–H groups in total. The van der Waals surface area contributed by atoms with Crippen molar-refractivity contribution in [1.82, 2.24) is 16.2 Å².